The maximum atomic E-state index is 10.8. The van der Waals surface area contributed by atoms with E-state index in [0.717, 1.165) is 6.42 Å². The van der Waals surface area contributed by atoms with Gasteiger partial charge in [0.05, 0.1) is 7.11 Å². The van der Waals surface area contributed by atoms with E-state index >= 15 is 0 Å². The van der Waals surface area contributed by atoms with E-state index in [1.54, 1.807) is 0 Å². The third-order valence-electron chi connectivity index (χ3n) is 1.47. The van der Waals surface area contributed by atoms with Crippen LogP contribution in [0.25, 0.3) is 0 Å². The second-order valence-corrected chi connectivity index (χ2v) is 3.22. The van der Waals surface area contributed by atoms with E-state index in [1.807, 2.05) is 13.8 Å². The van der Waals surface area contributed by atoms with Gasteiger partial charge in [0, 0.05) is 6.42 Å². The second kappa shape index (κ2) is 7.14. The van der Waals surface area contributed by atoms with Crippen molar-refractivity contribution in [1.82, 2.24) is 10.9 Å². The number of rotatable bonds is 5. The van der Waals surface area contributed by atoms with E-state index in [0.29, 0.717) is 11.8 Å². The summed E-state index contributed by atoms with van der Waals surface area (Å²) in [7, 11) is 1.34. The van der Waals surface area contributed by atoms with Crippen LogP contribution in [0.15, 0.2) is 5.10 Å². The first-order valence-electron chi connectivity index (χ1n) is 4.43. The molecule has 0 unspecified atom stereocenters. The summed E-state index contributed by atoms with van der Waals surface area (Å²) >= 11 is 0. The van der Waals surface area contributed by atoms with E-state index in [-0.39, 0.29) is 12.5 Å². The van der Waals surface area contributed by atoms with Crippen molar-refractivity contribution in [3.8, 4) is 0 Å². The van der Waals surface area contributed by atoms with Crippen molar-refractivity contribution in [3.63, 3.8) is 0 Å². The third kappa shape index (κ3) is 6.24. The van der Waals surface area contributed by atoms with E-state index < -0.39 is 0 Å². The fourth-order valence-corrected chi connectivity index (χ4v) is 0.868. The Balaban J connectivity index is 3.98. The fraction of sp³-hybridized carbons (Fsp3) is 0.750. The van der Waals surface area contributed by atoms with Crippen LogP contribution in [0.1, 0.15) is 20.3 Å². The van der Waals surface area contributed by atoms with Gasteiger partial charge in [-0.2, -0.15) is 5.10 Å². The minimum atomic E-state index is -0.335. The summed E-state index contributed by atoms with van der Waals surface area (Å²) in [5, 5.41) is 6.63. The van der Waals surface area contributed by atoms with Gasteiger partial charge in [-0.1, -0.05) is 13.8 Å². The van der Waals surface area contributed by atoms with E-state index in [2.05, 4.69) is 20.7 Å². The molecular formula is C8H18N4O2. The normalized spacial score (nSPS) is 11.4. The molecule has 14 heavy (non-hydrogen) atoms. The lowest BCUT2D eigenvalue weighted by Crippen LogP contribution is -2.33. The van der Waals surface area contributed by atoms with Gasteiger partial charge in [-0.15, -0.1) is 0 Å². The van der Waals surface area contributed by atoms with Crippen LogP contribution in [-0.4, -0.2) is 25.5 Å². The first-order valence-corrected chi connectivity index (χ1v) is 4.43. The number of amidine groups is 1. The van der Waals surface area contributed by atoms with Gasteiger partial charge in [-0.25, -0.2) is 11.4 Å². The molecule has 0 aliphatic heterocycles. The smallest absolute Gasteiger partial charge is 0.325 e. The Labute approximate surface area is 83.8 Å². The largest absolute Gasteiger partial charge is 0.468 e. The monoisotopic (exact) mass is 202 g/mol. The van der Waals surface area contributed by atoms with Crippen molar-refractivity contribution in [2.24, 2.45) is 16.9 Å². The highest BCUT2D eigenvalue weighted by atomic mass is 16.5. The van der Waals surface area contributed by atoms with Crippen LogP contribution in [0.3, 0.4) is 0 Å². The summed E-state index contributed by atoms with van der Waals surface area (Å²) in [5.74, 6) is 5.80. The zero-order valence-corrected chi connectivity index (χ0v) is 8.83. The molecule has 0 saturated heterocycles. The molecular weight excluding hydrogens is 184 g/mol. The summed E-state index contributed by atoms with van der Waals surface area (Å²) in [6.45, 7) is 4.20. The molecule has 82 valence electrons. The Bertz CT molecular complexity index is 204. The van der Waals surface area contributed by atoms with Crippen molar-refractivity contribution in [2.45, 2.75) is 20.3 Å². The van der Waals surface area contributed by atoms with Crippen molar-refractivity contribution < 1.29 is 9.53 Å². The topological polar surface area (TPSA) is 88.7 Å². The minimum absolute atomic E-state index is 0.101. The molecule has 0 radical (unpaired) electrons. The van der Waals surface area contributed by atoms with Crippen molar-refractivity contribution in [2.75, 3.05) is 13.7 Å². The van der Waals surface area contributed by atoms with Gasteiger partial charge >= 0.3 is 5.97 Å². The predicted molar refractivity (Wildman–Crippen MR) is 54.2 cm³/mol. The van der Waals surface area contributed by atoms with Crippen LogP contribution in [0.4, 0.5) is 0 Å². The average molecular weight is 202 g/mol. The summed E-state index contributed by atoms with van der Waals surface area (Å²) in [6.07, 6.45) is 0.723. The first kappa shape index (κ1) is 12.7. The van der Waals surface area contributed by atoms with Crippen LogP contribution in [0, 0.1) is 5.92 Å². The number of nitrogens with one attached hydrogen (secondary N) is 2. The lowest BCUT2D eigenvalue weighted by atomic mass is 10.1. The highest BCUT2D eigenvalue weighted by molar-refractivity contribution is 5.85. The molecule has 6 nitrogen and oxygen atoms in total. The van der Waals surface area contributed by atoms with Crippen molar-refractivity contribution in [3.05, 3.63) is 0 Å². The number of hydrogen-bond donors (Lipinski definition) is 3. The molecule has 0 aromatic rings. The lowest BCUT2D eigenvalue weighted by molar-refractivity contribution is -0.139. The van der Waals surface area contributed by atoms with Gasteiger partial charge in [0.1, 0.15) is 12.4 Å². The molecule has 0 spiro atoms. The number of methoxy groups -OCH3 is 1. The summed E-state index contributed by atoms with van der Waals surface area (Å²) in [4.78, 5) is 10.8. The molecule has 0 fully saturated rings. The number of carbonyl (C=O) groups is 1. The molecule has 0 amide bonds. The van der Waals surface area contributed by atoms with E-state index in [9.17, 15) is 4.79 Å². The molecule has 0 aromatic heterocycles. The van der Waals surface area contributed by atoms with Gasteiger partial charge in [-0.05, 0) is 5.92 Å². The van der Waals surface area contributed by atoms with Crippen molar-refractivity contribution in [1.29, 1.82) is 0 Å². The van der Waals surface area contributed by atoms with Gasteiger partial charge < -0.3 is 10.1 Å². The molecule has 0 rings (SSSR count). The number of ether oxygens (including phenoxy) is 1. The Morgan fingerprint density at radius 2 is 2.21 bits per heavy atom. The van der Waals surface area contributed by atoms with Crippen molar-refractivity contribution >= 4 is 11.8 Å². The fourth-order valence-electron chi connectivity index (χ4n) is 0.868. The standard InChI is InChI=1S/C8H18N4O2/c1-6(2)4-7(11-12-9)10-5-8(13)14-3/h6,12H,4-5,9H2,1-3H3,(H,10,11). The second-order valence-electron chi connectivity index (χ2n) is 3.22. The highest BCUT2D eigenvalue weighted by Crippen LogP contribution is 1.99. The van der Waals surface area contributed by atoms with Crippen LogP contribution in [-0.2, 0) is 9.53 Å². The molecule has 0 saturated carbocycles. The number of esters is 1. The maximum absolute atomic E-state index is 10.8. The molecule has 6 heteroatoms. The molecule has 0 aromatic carbocycles. The van der Waals surface area contributed by atoms with E-state index in [4.69, 9.17) is 5.84 Å². The Morgan fingerprint density at radius 1 is 1.57 bits per heavy atom. The number of hydrazone groups is 1. The summed E-state index contributed by atoms with van der Waals surface area (Å²) < 4.78 is 4.48. The van der Waals surface area contributed by atoms with Crippen LogP contribution in [0.2, 0.25) is 0 Å². The Morgan fingerprint density at radius 3 is 2.64 bits per heavy atom. The zero-order chi connectivity index (χ0) is 11.0. The Hall–Kier alpha value is -1.30. The van der Waals surface area contributed by atoms with Gasteiger partial charge in [0.2, 0.25) is 0 Å². The molecule has 0 bridgehead atoms. The zero-order valence-electron chi connectivity index (χ0n) is 8.83. The van der Waals surface area contributed by atoms with E-state index in [1.165, 1.54) is 7.11 Å². The number of nitrogens with zero attached hydrogens (tertiary/aromatic N) is 1. The SMILES string of the molecule is COC(=O)CN/C(CC(C)C)=N\NN. The predicted octanol–water partition coefficient (Wildman–Crippen LogP) is -0.428. The van der Waals surface area contributed by atoms with Crippen LogP contribution >= 0.6 is 0 Å². The molecule has 0 atom stereocenters. The van der Waals surface area contributed by atoms with Gasteiger partial charge in [0.15, 0.2) is 0 Å². The molecule has 0 aliphatic rings. The molecule has 0 aliphatic carbocycles. The van der Waals surface area contributed by atoms with Crippen LogP contribution in [0.5, 0.6) is 0 Å². The third-order valence-corrected chi connectivity index (χ3v) is 1.47. The van der Waals surface area contributed by atoms with Crippen LogP contribution < -0.4 is 16.7 Å². The van der Waals surface area contributed by atoms with Gasteiger partial charge in [-0.3, -0.25) is 4.79 Å². The minimum Gasteiger partial charge on any atom is -0.468 e. The summed E-state index contributed by atoms with van der Waals surface area (Å²) in [5.41, 5.74) is 2.19. The van der Waals surface area contributed by atoms with Gasteiger partial charge in [0.25, 0.3) is 0 Å². The quantitative estimate of drug-likeness (QED) is 0.185. The Kier molecular flexibility index (Phi) is 6.47. The number of hydrazine groups is 1. The lowest BCUT2D eigenvalue weighted by Gasteiger charge is -2.10. The average Bonchev–Trinajstić information content (AvgIpc) is 2.13. The number of nitrogens with two attached hydrogens (primary N) is 1. The highest BCUT2D eigenvalue weighted by Gasteiger charge is 2.05. The maximum Gasteiger partial charge on any atom is 0.325 e. The first-order chi connectivity index (χ1) is 6.60. The number of carbonyl (C=O) groups excluding carboxylic acids is 1. The molecule has 4 N–H and O–H groups in total. The molecule has 0 heterocycles. The summed E-state index contributed by atoms with van der Waals surface area (Å²) in [6, 6.07) is 0. The number of hydrogen-bond acceptors (Lipinski definition) is 5.